The summed E-state index contributed by atoms with van der Waals surface area (Å²) in [6, 6.07) is 9.90. The van der Waals surface area contributed by atoms with Gasteiger partial charge in [0.1, 0.15) is 5.75 Å². The molecule has 2 saturated heterocycles. The van der Waals surface area contributed by atoms with Crippen molar-refractivity contribution in [3.05, 3.63) is 58.6 Å². The van der Waals surface area contributed by atoms with Crippen LogP contribution in [0.15, 0.2) is 42.5 Å². The summed E-state index contributed by atoms with van der Waals surface area (Å²) in [6.45, 7) is 2.30. The molecule has 188 valence electrons. The van der Waals surface area contributed by atoms with Gasteiger partial charge in [0.2, 0.25) is 11.8 Å². The first kappa shape index (κ1) is 25.3. The number of amides is 2. The van der Waals surface area contributed by atoms with Gasteiger partial charge in [0, 0.05) is 25.3 Å². The monoisotopic (exact) mass is 509 g/mol. The fourth-order valence-corrected chi connectivity index (χ4v) is 4.92. The number of piperidine rings is 1. The highest BCUT2D eigenvalue weighted by atomic mass is 35.5. The lowest BCUT2D eigenvalue weighted by molar-refractivity contribution is -0.137. The highest BCUT2D eigenvalue weighted by Gasteiger charge is 2.33. The van der Waals surface area contributed by atoms with E-state index in [2.05, 4.69) is 5.32 Å². The van der Waals surface area contributed by atoms with Gasteiger partial charge in [-0.1, -0.05) is 29.8 Å². The number of anilines is 1. The summed E-state index contributed by atoms with van der Waals surface area (Å²) in [4.78, 5) is 29.1. The number of hydrogen-bond donors (Lipinski definition) is 2. The van der Waals surface area contributed by atoms with Crippen molar-refractivity contribution in [1.82, 2.24) is 9.80 Å². The lowest BCUT2D eigenvalue weighted by Gasteiger charge is -2.33. The van der Waals surface area contributed by atoms with Crippen LogP contribution in [0, 0.1) is 5.92 Å². The van der Waals surface area contributed by atoms with Crippen molar-refractivity contribution in [2.24, 2.45) is 5.92 Å². The Balaban J connectivity index is 1.24. The van der Waals surface area contributed by atoms with Crippen LogP contribution in [0.25, 0.3) is 0 Å². The Hall–Kier alpha value is -2.78. The zero-order valence-corrected chi connectivity index (χ0v) is 19.8. The first-order valence-electron chi connectivity index (χ1n) is 11.6. The van der Waals surface area contributed by atoms with E-state index in [-0.39, 0.29) is 41.0 Å². The van der Waals surface area contributed by atoms with E-state index in [1.54, 1.807) is 17.0 Å². The zero-order valence-electron chi connectivity index (χ0n) is 19.0. The summed E-state index contributed by atoms with van der Waals surface area (Å²) in [7, 11) is 0. The van der Waals surface area contributed by atoms with E-state index in [0.717, 1.165) is 6.07 Å². The molecule has 2 aromatic rings. The summed E-state index contributed by atoms with van der Waals surface area (Å²) in [6.07, 6.45) is -2.50. The molecule has 2 fully saturated rings. The number of carbonyl (C=O) groups is 2. The first-order valence-corrected chi connectivity index (χ1v) is 11.9. The fourth-order valence-electron chi connectivity index (χ4n) is 4.74. The summed E-state index contributed by atoms with van der Waals surface area (Å²) in [5.41, 5.74) is 0.515. The molecule has 6 nitrogen and oxygen atoms in total. The predicted octanol–water partition coefficient (Wildman–Crippen LogP) is 4.73. The summed E-state index contributed by atoms with van der Waals surface area (Å²) >= 11 is 5.88. The van der Waals surface area contributed by atoms with Gasteiger partial charge in [-0.25, -0.2) is 0 Å². The minimum absolute atomic E-state index is 0.00499. The van der Waals surface area contributed by atoms with E-state index in [4.69, 9.17) is 11.6 Å². The van der Waals surface area contributed by atoms with E-state index >= 15 is 0 Å². The average molecular weight is 510 g/mol. The number of hydrogen-bond acceptors (Lipinski definition) is 4. The molecular weight excluding hydrogens is 483 g/mol. The minimum atomic E-state index is -4.37. The molecule has 0 aliphatic carbocycles. The number of carbonyl (C=O) groups excluding carboxylic acids is 2. The van der Waals surface area contributed by atoms with Crippen LogP contribution in [0.2, 0.25) is 5.02 Å². The summed E-state index contributed by atoms with van der Waals surface area (Å²) < 4.78 is 39.1. The molecule has 2 aromatic carbocycles. The molecule has 2 amide bonds. The maximum absolute atomic E-state index is 13.0. The quantitative estimate of drug-likeness (QED) is 0.572. The third-order valence-electron chi connectivity index (χ3n) is 6.75. The smallest absolute Gasteiger partial charge is 0.416 e. The van der Waals surface area contributed by atoms with Gasteiger partial charge < -0.3 is 15.3 Å². The average Bonchev–Trinajstić information content (AvgIpc) is 3.30. The van der Waals surface area contributed by atoms with Gasteiger partial charge in [-0.3, -0.25) is 14.5 Å². The van der Waals surface area contributed by atoms with Gasteiger partial charge in [-0.2, -0.15) is 13.2 Å². The van der Waals surface area contributed by atoms with E-state index < -0.39 is 11.7 Å². The normalized spacial score (nSPS) is 19.7. The molecular formula is C25H27ClF3N3O3. The van der Waals surface area contributed by atoms with Gasteiger partial charge >= 0.3 is 6.18 Å². The molecule has 0 spiro atoms. The molecule has 0 saturated carbocycles. The standard InChI is InChI=1S/C25H27ClF3N3O3/c26-21-13-20(4-5-22(21)33)30-24(35)18-6-9-31(14-18)15-23(34)32-10-7-16(8-11-32)17-2-1-3-19(12-17)25(27,28)29/h1-5,12-13,16,18,33H,6-11,14-15H2,(H,30,35). The van der Waals surface area contributed by atoms with Crippen LogP contribution in [0.5, 0.6) is 5.75 Å². The molecule has 2 aliphatic rings. The zero-order chi connectivity index (χ0) is 25.2. The van der Waals surface area contributed by atoms with E-state index in [1.807, 2.05) is 4.90 Å². The number of benzene rings is 2. The molecule has 2 heterocycles. The largest absolute Gasteiger partial charge is 0.506 e. The van der Waals surface area contributed by atoms with E-state index in [1.165, 1.54) is 24.3 Å². The van der Waals surface area contributed by atoms with E-state index in [0.29, 0.717) is 56.7 Å². The molecule has 4 rings (SSSR count). The lowest BCUT2D eigenvalue weighted by atomic mass is 9.88. The molecule has 10 heteroatoms. The van der Waals surface area contributed by atoms with Crippen molar-refractivity contribution >= 4 is 29.1 Å². The van der Waals surface area contributed by atoms with Crippen LogP contribution in [0.4, 0.5) is 18.9 Å². The Bertz CT molecular complexity index is 1090. The Kier molecular flexibility index (Phi) is 7.56. The Morgan fingerprint density at radius 1 is 1.06 bits per heavy atom. The third-order valence-corrected chi connectivity index (χ3v) is 7.05. The highest BCUT2D eigenvalue weighted by Crippen LogP contribution is 2.34. The first-order chi connectivity index (χ1) is 16.6. The van der Waals surface area contributed by atoms with Crippen LogP contribution in [-0.4, -0.2) is 59.4 Å². The predicted molar refractivity (Wildman–Crippen MR) is 126 cm³/mol. The van der Waals surface area contributed by atoms with Crippen molar-refractivity contribution in [1.29, 1.82) is 0 Å². The molecule has 35 heavy (non-hydrogen) atoms. The summed E-state index contributed by atoms with van der Waals surface area (Å²) in [5, 5.41) is 12.4. The Labute approximate surface area is 206 Å². The topological polar surface area (TPSA) is 72.9 Å². The molecule has 0 bridgehead atoms. The number of alkyl halides is 3. The number of nitrogens with one attached hydrogen (secondary N) is 1. The van der Waals surface area contributed by atoms with Crippen LogP contribution < -0.4 is 5.32 Å². The van der Waals surface area contributed by atoms with Crippen LogP contribution in [0.3, 0.4) is 0 Å². The second kappa shape index (κ2) is 10.5. The minimum Gasteiger partial charge on any atom is -0.506 e. The molecule has 1 atom stereocenters. The van der Waals surface area contributed by atoms with Crippen molar-refractivity contribution < 1.29 is 27.9 Å². The lowest BCUT2D eigenvalue weighted by Crippen LogP contribution is -2.43. The van der Waals surface area contributed by atoms with Gasteiger partial charge in [0.25, 0.3) is 0 Å². The Morgan fingerprint density at radius 2 is 1.80 bits per heavy atom. The van der Waals surface area contributed by atoms with Gasteiger partial charge in [-0.05, 0) is 61.6 Å². The molecule has 1 unspecified atom stereocenters. The van der Waals surface area contributed by atoms with E-state index in [9.17, 15) is 27.9 Å². The number of phenolic OH excluding ortho intramolecular Hbond substituents is 1. The van der Waals surface area contributed by atoms with Crippen LogP contribution in [0.1, 0.15) is 36.3 Å². The maximum Gasteiger partial charge on any atom is 0.416 e. The van der Waals surface area contributed by atoms with Crippen LogP contribution in [-0.2, 0) is 15.8 Å². The second-order valence-corrected chi connectivity index (χ2v) is 9.56. The van der Waals surface area contributed by atoms with Gasteiger partial charge in [0.15, 0.2) is 0 Å². The molecule has 2 N–H and O–H groups in total. The fraction of sp³-hybridized carbons (Fsp3) is 0.440. The number of halogens is 4. The van der Waals surface area contributed by atoms with Gasteiger partial charge in [0.05, 0.1) is 23.0 Å². The van der Waals surface area contributed by atoms with Gasteiger partial charge in [-0.15, -0.1) is 0 Å². The van der Waals surface area contributed by atoms with Crippen molar-refractivity contribution in [2.45, 2.75) is 31.4 Å². The number of rotatable bonds is 5. The third kappa shape index (κ3) is 6.27. The highest BCUT2D eigenvalue weighted by molar-refractivity contribution is 6.32. The molecule has 0 aromatic heterocycles. The van der Waals surface area contributed by atoms with Crippen LogP contribution >= 0.6 is 11.6 Å². The van der Waals surface area contributed by atoms with Crippen molar-refractivity contribution in [2.75, 3.05) is 38.0 Å². The number of likely N-dealkylation sites (tertiary alicyclic amines) is 2. The maximum atomic E-state index is 13.0. The summed E-state index contributed by atoms with van der Waals surface area (Å²) in [5.74, 6) is -0.520. The molecule has 0 radical (unpaired) electrons. The number of aromatic hydroxyl groups is 1. The number of phenols is 1. The Morgan fingerprint density at radius 3 is 2.49 bits per heavy atom. The molecule has 2 aliphatic heterocycles. The van der Waals surface area contributed by atoms with Crippen molar-refractivity contribution in [3.8, 4) is 5.75 Å². The second-order valence-electron chi connectivity index (χ2n) is 9.15. The SMILES string of the molecule is O=C(Nc1ccc(O)c(Cl)c1)C1CCN(CC(=O)N2CCC(c3cccc(C(F)(F)F)c3)CC2)C1. The van der Waals surface area contributed by atoms with Crippen molar-refractivity contribution in [3.63, 3.8) is 0 Å². The number of nitrogens with zero attached hydrogens (tertiary/aromatic N) is 2.